The molecule has 2 N–H and O–H groups in total. The number of aromatic nitrogens is 1. The van der Waals surface area contributed by atoms with Crippen molar-refractivity contribution in [2.45, 2.75) is 39.7 Å². The van der Waals surface area contributed by atoms with Gasteiger partial charge in [-0.05, 0) is 44.2 Å². The minimum atomic E-state index is 0.582. The number of pyridine rings is 1. The lowest BCUT2D eigenvalue weighted by atomic mass is 9.93. The Morgan fingerprint density at radius 3 is 2.81 bits per heavy atom. The molecule has 0 spiro atoms. The maximum Gasteiger partial charge on any atom is 0.131 e. The molecule has 2 heterocycles. The van der Waals surface area contributed by atoms with Crippen LogP contribution in [-0.4, -0.2) is 17.6 Å². The van der Waals surface area contributed by atoms with Crippen molar-refractivity contribution in [1.82, 2.24) is 4.98 Å². The third kappa shape index (κ3) is 2.13. The molecule has 3 heteroatoms. The molecule has 1 fully saturated rings. The van der Waals surface area contributed by atoms with E-state index >= 15 is 0 Å². The van der Waals surface area contributed by atoms with E-state index < -0.39 is 0 Å². The highest BCUT2D eigenvalue weighted by Crippen LogP contribution is 2.28. The van der Waals surface area contributed by atoms with Gasteiger partial charge in [0.25, 0.3) is 0 Å². The van der Waals surface area contributed by atoms with Gasteiger partial charge in [-0.15, -0.1) is 0 Å². The highest BCUT2D eigenvalue weighted by Gasteiger charge is 2.24. The number of piperidine rings is 1. The van der Waals surface area contributed by atoms with Gasteiger partial charge in [-0.2, -0.15) is 0 Å². The number of nitrogen functional groups attached to an aromatic ring is 1. The molecule has 0 radical (unpaired) electrons. The largest absolute Gasteiger partial charge is 0.397 e. The van der Waals surface area contributed by atoms with Gasteiger partial charge in [0.1, 0.15) is 5.82 Å². The van der Waals surface area contributed by atoms with Crippen molar-refractivity contribution in [3.05, 3.63) is 17.8 Å². The second kappa shape index (κ2) is 4.32. The number of nitrogens with two attached hydrogens (primary N) is 1. The Morgan fingerprint density at radius 2 is 2.19 bits per heavy atom. The predicted molar refractivity (Wildman–Crippen MR) is 68.6 cm³/mol. The molecule has 16 heavy (non-hydrogen) atoms. The van der Waals surface area contributed by atoms with E-state index in [2.05, 4.69) is 30.7 Å². The van der Waals surface area contributed by atoms with Crippen LogP contribution in [0.3, 0.4) is 0 Å². The Labute approximate surface area is 97.7 Å². The van der Waals surface area contributed by atoms with Crippen molar-refractivity contribution >= 4 is 11.5 Å². The van der Waals surface area contributed by atoms with Crippen LogP contribution in [-0.2, 0) is 0 Å². The first-order valence-electron chi connectivity index (χ1n) is 6.06. The first kappa shape index (κ1) is 11.2. The molecule has 1 aromatic heterocycles. The fraction of sp³-hybridized carbons (Fsp3) is 0.615. The van der Waals surface area contributed by atoms with Gasteiger partial charge in [0.15, 0.2) is 0 Å². The molecule has 2 rings (SSSR count). The molecule has 1 aliphatic rings. The van der Waals surface area contributed by atoms with Crippen LogP contribution < -0.4 is 10.6 Å². The van der Waals surface area contributed by atoms with Gasteiger partial charge in [-0.25, -0.2) is 4.98 Å². The first-order valence-corrected chi connectivity index (χ1v) is 6.06. The maximum absolute atomic E-state index is 5.73. The molecule has 0 saturated carbocycles. The quantitative estimate of drug-likeness (QED) is 0.789. The van der Waals surface area contributed by atoms with Crippen LogP contribution in [0, 0.1) is 12.8 Å². The Hall–Kier alpha value is -1.25. The molecule has 0 aliphatic carbocycles. The van der Waals surface area contributed by atoms with Gasteiger partial charge in [0.2, 0.25) is 0 Å². The highest BCUT2D eigenvalue weighted by atomic mass is 15.2. The third-order valence-electron chi connectivity index (χ3n) is 3.48. The number of anilines is 2. The average Bonchev–Trinajstić information content (AvgIpc) is 2.19. The maximum atomic E-state index is 5.73. The van der Waals surface area contributed by atoms with Crippen molar-refractivity contribution in [2.24, 2.45) is 5.92 Å². The van der Waals surface area contributed by atoms with Crippen molar-refractivity contribution in [3.8, 4) is 0 Å². The lowest BCUT2D eigenvalue weighted by Crippen LogP contribution is -2.41. The molecule has 0 amide bonds. The van der Waals surface area contributed by atoms with E-state index in [4.69, 9.17) is 5.73 Å². The molecule has 2 unspecified atom stereocenters. The SMILES string of the molecule is Cc1cc(N)cnc1N1CCC(C)CC1C. The molecular formula is C13H21N3. The number of nitrogens with zero attached hydrogens (tertiary/aromatic N) is 2. The first-order chi connectivity index (χ1) is 7.58. The second-order valence-corrected chi connectivity index (χ2v) is 5.08. The lowest BCUT2D eigenvalue weighted by molar-refractivity contribution is 0.375. The summed E-state index contributed by atoms with van der Waals surface area (Å²) in [5.74, 6) is 1.94. The predicted octanol–water partition coefficient (Wildman–Crippen LogP) is 2.60. The van der Waals surface area contributed by atoms with Crippen LogP contribution in [0.25, 0.3) is 0 Å². The normalized spacial score (nSPS) is 25.8. The smallest absolute Gasteiger partial charge is 0.131 e. The van der Waals surface area contributed by atoms with E-state index in [0.717, 1.165) is 24.0 Å². The van der Waals surface area contributed by atoms with E-state index in [0.29, 0.717) is 6.04 Å². The topological polar surface area (TPSA) is 42.1 Å². The molecule has 0 bridgehead atoms. The Kier molecular flexibility index (Phi) is 3.03. The summed E-state index contributed by atoms with van der Waals surface area (Å²) in [7, 11) is 0. The number of rotatable bonds is 1. The van der Waals surface area contributed by atoms with Crippen molar-refractivity contribution in [1.29, 1.82) is 0 Å². The van der Waals surface area contributed by atoms with Crippen LogP contribution in [0.1, 0.15) is 32.3 Å². The molecule has 0 aromatic carbocycles. The van der Waals surface area contributed by atoms with E-state index in [9.17, 15) is 0 Å². The fourth-order valence-electron chi connectivity index (χ4n) is 2.61. The van der Waals surface area contributed by atoms with Gasteiger partial charge in [0.05, 0.1) is 11.9 Å². The molecule has 1 aliphatic heterocycles. The van der Waals surface area contributed by atoms with Crippen molar-refractivity contribution in [3.63, 3.8) is 0 Å². The van der Waals surface area contributed by atoms with E-state index in [1.807, 2.05) is 6.07 Å². The highest BCUT2D eigenvalue weighted by molar-refractivity contribution is 5.53. The Bertz CT molecular complexity index is 375. The van der Waals surface area contributed by atoms with Gasteiger partial charge >= 0.3 is 0 Å². The molecule has 2 atom stereocenters. The van der Waals surface area contributed by atoms with Crippen LogP contribution >= 0.6 is 0 Å². The number of hydrogen-bond acceptors (Lipinski definition) is 3. The zero-order valence-electron chi connectivity index (χ0n) is 10.4. The van der Waals surface area contributed by atoms with Gasteiger partial charge < -0.3 is 10.6 Å². The average molecular weight is 219 g/mol. The summed E-state index contributed by atoms with van der Waals surface area (Å²) >= 11 is 0. The summed E-state index contributed by atoms with van der Waals surface area (Å²) in [5.41, 5.74) is 7.66. The molecule has 3 nitrogen and oxygen atoms in total. The number of hydrogen-bond donors (Lipinski definition) is 1. The lowest BCUT2D eigenvalue weighted by Gasteiger charge is -2.38. The zero-order chi connectivity index (χ0) is 11.7. The van der Waals surface area contributed by atoms with Crippen LogP contribution in [0.5, 0.6) is 0 Å². The zero-order valence-corrected chi connectivity index (χ0v) is 10.4. The van der Waals surface area contributed by atoms with E-state index in [1.165, 1.54) is 18.4 Å². The molecule has 88 valence electrons. The summed E-state index contributed by atoms with van der Waals surface area (Å²) in [6.07, 6.45) is 4.27. The van der Waals surface area contributed by atoms with Crippen LogP contribution in [0.15, 0.2) is 12.3 Å². The summed E-state index contributed by atoms with van der Waals surface area (Å²) in [5, 5.41) is 0. The molecule has 1 saturated heterocycles. The Balaban J connectivity index is 2.23. The summed E-state index contributed by atoms with van der Waals surface area (Å²) in [6.45, 7) is 7.81. The van der Waals surface area contributed by atoms with Crippen LogP contribution in [0.2, 0.25) is 0 Å². The summed E-state index contributed by atoms with van der Waals surface area (Å²) in [4.78, 5) is 6.89. The van der Waals surface area contributed by atoms with Crippen LogP contribution in [0.4, 0.5) is 11.5 Å². The third-order valence-corrected chi connectivity index (χ3v) is 3.48. The minimum Gasteiger partial charge on any atom is -0.397 e. The molecule has 1 aromatic rings. The number of aryl methyl sites for hydroxylation is 1. The van der Waals surface area contributed by atoms with Gasteiger partial charge in [-0.1, -0.05) is 6.92 Å². The molecular weight excluding hydrogens is 198 g/mol. The minimum absolute atomic E-state index is 0.582. The fourth-order valence-corrected chi connectivity index (χ4v) is 2.61. The van der Waals surface area contributed by atoms with E-state index in [1.54, 1.807) is 6.20 Å². The van der Waals surface area contributed by atoms with Gasteiger partial charge in [-0.3, -0.25) is 0 Å². The second-order valence-electron chi connectivity index (χ2n) is 5.08. The Morgan fingerprint density at radius 1 is 1.44 bits per heavy atom. The van der Waals surface area contributed by atoms with Crippen molar-refractivity contribution < 1.29 is 0 Å². The van der Waals surface area contributed by atoms with Gasteiger partial charge in [0, 0.05) is 12.6 Å². The summed E-state index contributed by atoms with van der Waals surface area (Å²) < 4.78 is 0. The summed E-state index contributed by atoms with van der Waals surface area (Å²) in [6, 6.07) is 2.59. The monoisotopic (exact) mass is 219 g/mol. The van der Waals surface area contributed by atoms with E-state index in [-0.39, 0.29) is 0 Å². The van der Waals surface area contributed by atoms with Crippen molar-refractivity contribution in [2.75, 3.05) is 17.2 Å². The standard InChI is InChI=1S/C13H21N3/c1-9-4-5-16(11(3)6-9)13-10(2)7-12(14)8-15-13/h7-9,11H,4-6,14H2,1-3H3.